The Labute approximate surface area is 260 Å². The van der Waals surface area contributed by atoms with Gasteiger partial charge in [-0.25, -0.2) is 0 Å². The van der Waals surface area contributed by atoms with E-state index in [-0.39, 0.29) is 30.9 Å². The molecule has 2 unspecified atom stereocenters. The maximum atomic E-state index is 14.5. The van der Waals surface area contributed by atoms with E-state index >= 15 is 0 Å². The molecule has 1 N–H and O–H groups in total. The van der Waals surface area contributed by atoms with Crippen LogP contribution in [0.15, 0.2) is 49.6 Å². The number of rotatable bonds is 14. The molecule has 4 saturated heterocycles. The van der Waals surface area contributed by atoms with E-state index in [1.807, 2.05) is 31.2 Å². The summed E-state index contributed by atoms with van der Waals surface area (Å²) in [5.74, 6) is -1.70. The fourth-order valence-corrected chi connectivity index (χ4v) is 7.44. The van der Waals surface area contributed by atoms with Crippen molar-refractivity contribution in [3.63, 3.8) is 0 Å². The third-order valence-corrected chi connectivity index (χ3v) is 9.48. The molecule has 44 heavy (non-hydrogen) atoms. The SMILES string of the molecule is C=CCN(CCN1CCOCC1)C(=O)C1N([C@H](C)CO)C(=O)[C@@H]2[C@@H](C(=O)N(CC=C)c3ccc(OCC)cc3)[C@H]3CCC12O3. The van der Waals surface area contributed by atoms with Gasteiger partial charge in [-0.05, 0) is 51.0 Å². The van der Waals surface area contributed by atoms with Crippen LogP contribution in [0.4, 0.5) is 5.69 Å². The van der Waals surface area contributed by atoms with Gasteiger partial charge in [-0.2, -0.15) is 0 Å². The molecule has 1 aromatic carbocycles. The number of carbonyl (C=O) groups excluding carboxylic acids is 3. The predicted molar refractivity (Wildman–Crippen MR) is 165 cm³/mol. The number of aliphatic hydroxyl groups is 1. The average molecular weight is 611 g/mol. The maximum Gasteiger partial charge on any atom is 0.248 e. The molecule has 1 spiro atoms. The van der Waals surface area contributed by atoms with Crippen molar-refractivity contribution in [2.75, 3.05) is 70.6 Å². The Morgan fingerprint density at radius 1 is 1.16 bits per heavy atom. The van der Waals surface area contributed by atoms with E-state index in [0.717, 1.165) is 13.1 Å². The highest BCUT2D eigenvalue weighted by Gasteiger charge is 2.75. The van der Waals surface area contributed by atoms with E-state index in [1.54, 1.807) is 28.9 Å². The Hall–Kier alpha value is -3.25. The number of carbonyl (C=O) groups is 3. The number of benzene rings is 1. The first-order valence-electron chi connectivity index (χ1n) is 15.8. The molecule has 11 nitrogen and oxygen atoms in total. The maximum absolute atomic E-state index is 14.5. The van der Waals surface area contributed by atoms with E-state index in [0.29, 0.717) is 63.7 Å². The van der Waals surface area contributed by atoms with Crippen LogP contribution in [0.2, 0.25) is 0 Å². The van der Waals surface area contributed by atoms with Gasteiger partial charge in [-0.3, -0.25) is 19.3 Å². The lowest BCUT2D eigenvalue weighted by Crippen LogP contribution is -2.59. The molecule has 0 aromatic heterocycles. The zero-order chi connectivity index (χ0) is 31.4. The summed E-state index contributed by atoms with van der Waals surface area (Å²) in [5, 5.41) is 10.2. The number of morpholine rings is 1. The van der Waals surface area contributed by atoms with Crippen molar-refractivity contribution < 1.29 is 33.7 Å². The van der Waals surface area contributed by atoms with Gasteiger partial charge in [0.15, 0.2) is 0 Å². The van der Waals surface area contributed by atoms with Crippen LogP contribution < -0.4 is 9.64 Å². The van der Waals surface area contributed by atoms with Crippen LogP contribution in [0, 0.1) is 11.8 Å². The van der Waals surface area contributed by atoms with Gasteiger partial charge in [0.1, 0.15) is 17.4 Å². The molecule has 6 atom stereocenters. The highest BCUT2D eigenvalue weighted by Crippen LogP contribution is 2.59. The van der Waals surface area contributed by atoms with Gasteiger partial charge in [0.2, 0.25) is 17.7 Å². The van der Waals surface area contributed by atoms with Gasteiger partial charge in [-0.15, -0.1) is 13.2 Å². The van der Waals surface area contributed by atoms with Crippen molar-refractivity contribution in [3.8, 4) is 5.75 Å². The second kappa shape index (κ2) is 13.8. The molecule has 4 fully saturated rings. The van der Waals surface area contributed by atoms with Crippen LogP contribution in [0.5, 0.6) is 5.75 Å². The number of nitrogens with zero attached hydrogens (tertiary/aromatic N) is 4. The minimum Gasteiger partial charge on any atom is -0.494 e. The van der Waals surface area contributed by atoms with Crippen LogP contribution in [0.3, 0.4) is 0 Å². The number of anilines is 1. The third kappa shape index (κ3) is 5.78. The molecule has 11 heteroatoms. The van der Waals surface area contributed by atoms with E-state index < -0.39 is 35.6 Å². The van der Waals surface area contributed by atoms with Gasteiger partial charge in [0, 0.05) is 45.0 Å². The summed E-state index contributed by atoms with van der Waals surface area (Å²) in [4.78, 5) is 50.3. The summed E-state index contributed by atoms with van der Waals surface area (Å²) >= 11 is 0. The molecule has 4 aliphatic heterocycles. The Bertz CT molecular complexity index is 1220. The lowest BCUT2D eigenvalue weighted by Gasteiger charge is -2.39. The molecule has 0 saturated carbocycles. The van der Waals surface area contributed by atoms with E-state index in [2.05, 4.69) is 18.1 Å². The van der Waals surface area contributed by atoms with Gasteiger partial charge in [0.05, 0.1) is 50.4 Å². The molecule has 240 valence electrons. The quantitative estimate of drug-likeness (QED) is 0.317. The number of hydrogen-bond acceptors (Lipinski definition) is 8. The highest BCUT2D eigenvalue weighted by atomic mass is 16.5. The Kier molecular flexibility index (Phi) is 10.1. The molecule has 5 rings (SSSR count). The monoisotopic (exact) mass is 610 g/mol. The highest BCUT2D eigenvalue weighted by molar-refractivity contribution is 6.03. The van der Waals surface area contributed by atoms with Crippen molar-refractivity contribution in [2.45, 2.75) is 50.5 Å². The molecular formula is C33H46N4O7. The second-order valence-electron chi connectivity index (χ2n) is 12.0. The largest absolute Gasteiger partial charge is 0.494 e. The number of amides is 3. The first-order chi connectivity index (χ1) is 21.3. The normalized spacial score (nSPS) is 28.4. The summed E-state index contributed by atoms with van der Waals surface area (Å²) in [5.41, 5.74) is -0.492. The van der Waals surface area contributed by atoms with Gasteiger partial charge < -0.3 is 34.0 Å². The predicted octanol–water partition coefficient (Wildman–Crippen LogP) is 1.71. The first-order valence-corrected chi connectivity index (χ1v) is 15.8. The van der Waals surface area contributed by atoms with Gasteiger partial charge in [0.25, 0.3) is 0 Å². The Balaban J connectivity index is 1.45. The number of aliphatic hydroxyl groups excluding tert-OH is 1. The number of fused-ring (bicyclic) bond motifs is 1. The van der Waals surface area contributed by atoms with E-state index in [1.165, 1.54) is 4.90 Å². The smallest absolute Gasteiger partial charge is 0.248 e. The molecule has 1 aromatic rings. The minimum absolute atomic E-state index is 0.237. The van der Waals surface area contributed by atoms with Gasteiger partial charge >= 0.3 is 0 Å². The van der Waals surface area contributed by atoms with Crippen molar-refractivity contribution in [1.29, 1.82) is 0 Å². The molecule has 2 bridgehead atoms. The van der Waals surface area contributed by atoms with Crippen molar-refractivity contribution in [2.24, 2.45) is 11.8 Å². The summed E-state index contributed by atoms with van der Waals surface area (Å²) in [6.45, 7) is 16.2. The van der Waals surface area contributed by atoms with Crippen molar-refractivity contribution in [1.82, 2.24) is 14.7 Å². The molecule has 0 radical (unpaired) electrons. The minimum atomic E-state index is -1.15. The summed E-state index contributed by atoms with van der Waals surface area (Å²) < 4.78 is 17.7. The number of ether oxygens (including phenoxy) is 3. The van der Waals surface area contributed by atoms with Crippen LogP contribution >= 0.6 is 0 Å². The first kappa shape index (κ1) is 32.2. The summed E-state index contributed by atoms with van der Waals surface area (Å²) in [7, 11) is 0. The standard InChI is InChI=1S/C33H46N4O7/c1-5-14-35(17-16-34-18-20-42-21-19-34)32(41)29-33-13-12-26(44-33)27(28(33)31(40)37(29)23(4)22-38)30(39)36(15-6-2)24-8-10-25(11-9-24)43-7-3/h5-6,8-11,23,26-29,38H,1-2,7,12-22H2,3-4H3/t23-,26-,27+,28+,29?,33?/m1/s1. The van der Waals surface area contributed by atoms with Crippen LogP contribution in [-0.2, 0) is 23.9 Å². The number of hydrogen-bond donors (Lipinski definition) is 1. The number of likely N-dealkylation sites (tertiary alicyclic amines) is 1. The topological polar surface area (TPSA) is 112 Å². The summed E-state index contributed by atoms with van der Waals surface area (Å²) in [6.07, 6.45) is 3.90. The fourth-order valence-electron chi connectivity index (χ4n) is 7.44. The third-order valence-electron chi connectivity index (χ3n) is 9.48. The molecule has 4 heterocycles. The van der Waals surface area contributed by atoms with Crippen LogP contribution in [-0.4, -0.2) is 127 Å². The Morgan fingerprint density at radius 2 is 1.86 bits per heavy atom. The molecular weight excluding hydrogens is 564 g/mol. The van der Waals surface area contributed by atoms with Crippen LogP contribution in [0.25, 0.3) is 0 Å². The molecule has 4 aliphatic rings. The lowest BCUT2D eigenvalue weighted by molar-refractivity contribution is -0.150. The molecule has 0 aliphatic carbocycles. The van der Waals surface area contributed by atoms with E-state index in [9.17, 15) is 19.5 Å². The molecule has 3 amide bonds. The average Bonchev–Trinajstić information content (AvgIpc) is 3.69. The Morgan fingerprint density at radius 3 is 2.50 bits per heavy atom. The van der Waals surface area contributed by atoms with E-state index in [4.69, 9.17) is 14.2 Å². The lowest BCUT2D eigenvalue weighted by atomic mass is 9.70. The van der Waals surface area contributed by atoms with Crippen molar-refractivity contribution in [3.05, 3.63) is 49.6 Å². The van der Waals surface area contributed by atoms with Gasteiger partial charge in [-0.1, -0.05) is 12.2 Å². The summed E-state index contributed by atoms with van der Waals surface area (Å²) in [6, 6.07) is 5.68. The zero-order valence-corrected chi connectivity index (χ0v) is 25.9. The fraction of sp³-hybridized carbons (Fsp3) is 0.606. The van der Waals surface area contributed by atoms with Crippen LogP contribution in [0.1, 0.15) is 26.7 Å². The zero-order valence-electron chi connectivity index (χ0n) is 25.9. The second-order valence-corrected chi connectivity index (χ2v) is 12.0. The van der Waals surface area contributed by atoms with Crippen molar-refractivity contribution >= 4 is 23.4 Å².